The number of hydrogen-bond acceptors (Lipinski definition) is 4. The standard InChI is InChI=1S/C21H34N2O3/c24-19-20(25,4-1-5-23(19)11-14-2-3-14)12-22-13-21(26)17-7-15-6-16(9-17)10-18(21)8-15/h14-18,22,25-26H,1-13H2/t15?,16?,17?,18?,20-,21?/m1/s1. The van der Waals surface area contributed by atoms with Gasteiger partial charge >= 0.3 is 0 Å². The summed E-state index contributed by atoms with van der Waals surface area (Å²) in [5.41, 5.74) is -1.91. The van der Waals surface area contributed by atoms with Crippen LogP contribution in [0.5, 0.6) is 0 Å². The molecule has 0 aromatic carbocycles. The average Bonchev–Trinajstić information content (AvgIpc) is 3.41. The Morgan fingerprint density at radius 2 is 1.65 bits per heavy atom. The van der Waals surface area contributed by atoms with Gasteiger partial charge in [-0.15, -0.1) is 0 Å². The molecule has 1 heterocycles. The van der Waals surface area contributed by atoms with E-state index in [-0.39, 0.29) is 12.5 Å². The fraction of sp³-hybridized carbons (Fsp3) is 0.952. The Balaban J connectivity index is 1.20. The second kappa shape index (κ2) is 6.18. The van der Waals surface area contributed by atoms with E-state index >= 15 is 0 Å². The van der Waals surface area contributed by atoms with Gasteiger partial charge in [0.1, 0.15) is 0 Å². The molecular formula is C21H34N2O3. The first kappa shape index (κ1) is 17.4. The molecule has 0 spiro atoms. The van der Waals surface area contributed by atoms with Crippen molar-refractivity contribution in [3.05, 3.63) is 0 Å². The van der Waals surface area contributed by atoms with Crippen molar-refractivity contribution < 1.29 is 15.0 Å². The van der Waals surface area contributed by atoms with Crippen LogP contribution in [0.3, 0.4) is 0 Å². The molecule has 5 aliphatic carbocycles. The SMILES string of the molecule is O=C1N(CC2CC2)CCC[C@@]1(O)CNCC1(O)C2CC3CC(C2)CC1C3. The first-order chi connectivity index (χ1) is 12.5. The normalized spacial score (nSPS) is 47.6. The van der Waals surface area contributed by atoms with Crippen molar-refractivity contribution in [3.8, 4) is 0 Å². The number of amides is 1. The maximum absolute atomic E-state index is 12.8. The molecule has 6 aliphatic rings. The van der Waals surface area contributed by atoms with Crippen molar-refractivity contribution in [2.24, 2.45) is 29.6 Å². The fourth-order valence-electron chi connectivity index (χ4n) is 6.77. The Morgan fingerprint density at radius 3 is 2.27 bits per heavy atom. The molecule has 6 fully saturated rings. The zero-order chi connectivity index (χ0) is 17.9. The predicted octanol–water partition coefficient (Wildman–Crippen LogP) is 1.53. The molecule has 1 aliphatic heterocycles. The quantitative estimate of drug-likeness (QED) is 0.670. The van der Waals surface area contributed by atoms with E-state index in [1.165, 1.54) is 44.9 Å². The summed E-state index contributed by atoms with van der Waals surface area (Å²) < 4.78 is 0. The second-order valence-electron chi connectivity index (χ2n) is 10.2. The predicted molar refractivity (Wildman–Crippen MR) is 98.4 cm³/mol. The van der Waals surface area contributed by atoms with E-state index in [9.17, 15) is 15.0 Å². The minimum atomic E-state index is -1.28. The van der Waals surface area contributed by atoms with Crippen molar-refractivity contribution in [2.45, 2.75) is 69.0 Å². The zero-order valence-electron chi connectivity index (χ0n) is 15.8. The van der Waals surface area contributed by atoms with Gasteiger partial charge in [0.2, 0.25) is 0 Å². The number of nitrogens with zero attached hydrogens (tertiary/aromatic N) is 1. The minimum absolute atomic E-state index is 0.0970. The molecule has 5 nitrogen and oxygen atoms in total. The molecule has 1 amide bonds. The summed E-state index contributed by atoms with van der Waals surface area (Å²) in [5, 5.41) is 25.7. The van der Waals surface area contributed by atoms with E-state index in [0.717, 1.165) is 31.3 Å². The summed E-state index contributed by atoms with van der Waals surface area (Å²) in [7, 11) is 0. The lowest BCUT2D eigenvalue weighted by atomic mass is 9.50. The summed E-state index contributed by atoms with van der Waals surface area (Å²) in [4.78, 5) is 14.7. The van der Waals surface area contributed by atoms with Crippen LogP contribution in [0, 0.1) is 29.6 Å². The molecule has 4 bridgehead atoms. The molecular weight excluding hydrogens is 328 g/mol. The highest BCUT2D eigenvalue weighted by molar-refractivity contribution is 5.86. The highest BCUT2D eigenvalue weighted by Gasteiger charge is 2.56. The molecule has 3 N–H and O–H groups in total. The van der Waals surface area contributed by atoms with Crippen LogP contribution in [0.2, 0.25) is 0 Å². The van der Waals surface area contributed by atoms with Crippen molar-refractivity contribution in [3.63, 3.8) is 0 Å². The van der Waals surface area contributed by atoms with E-state index < -0.39 is 11.2 Å². The van der Waals surface area contributed by atoms with Gasteiger partial charge in [-0.2, -0.15) is 0 Å². The third-order valence-electron chi connectivity index (χ3n) is 8.26. The summed E-state index contributed by atoms with van der Waals surface area (Å²) in [6.45, 7) is 2.41. The molecule has 0 aromatic heterocycles. The molecule has 0 aromatic rings. The number of likely N-dealkylation sites (tertiary alicyclic amines) is 1. The van der Waals surface area contributed by atoms with E-state index in [2.05, 4.69) is 5.32 Å². The van der Waals surface area contributed by atoms with Crippen LogP contribution >= 0.6 is 0 Å². The Bertz CT molecular complexity index is 548. The number of hydrogen-bond donors (Lipinski definition) is 3. The summed E-state index contributed by atoms with van der Waals surface area (Å²) >= 11 is 0. The first-order valence-corrected chi connectivity index (χ1v) is 10.9. The van der Waals surface area contributed by atoms with Gasteiger partial charge in [0, 0.05) is 26.2 Å². The molecule has 5 heteroatoms. The highest BCUT2D eigenvalue weighted by Crippen LogP contribution is 2.58. The molecule has 1 saturated heterocycles. The number of piperidine rings is 1. The van der Waals surface area contributed by atoms with Crippen molar-refractivity contribution in [1.29, 1.82) is 0 Å². The minimum Gasteiger partial charge on any atom is -0.388 e. The largest absolute Gasteiger partial charge is 0.388 e. The van der Waals surface area contributed by atoms with Crippen LogP contribution in [0.4, 0.5) is 0 Å². The summed E-state index contributed by atoms with van der Waals surface area (Å²) in [5.74, 6) is 3.04. The average molecular weight is 363 g/mol. The van der Waals surface area contributed by atoms with Crippen LogP contribution in [-0.4, -0.2) is 58.4 Å². The maximum Gasteiger partial charge on any atom is 0.255 e. The lowest BCUT2D eigenvalue weighted by Crippen LogP contribution is -2.64. The summed E-state index contributed by atoms with van der Waals surface area (Å²) in [6, 6.07) is 0. The monoisotopic (exact) mass is 362 g/mol. The third-order valence-corrected chi connectivity index (χ3v) is 8.26. The van der Waals surface area contributed by atoms with Gasteiger partial charge in [-0.05, 0) is 87.4 Å². The van der Waals surface area contributed by atoms with Crippen LogP contribution in [0.15, 0.2) is 0 Å². The Morgan fingerprint density at radius 1 is 1.00 bits per heavy atom. The highest BCUT2D eigenvalue weighted by atomic mass is 16.3. The molecule has 1 atom stereocenters. The van der Waals surface area contributed by atoms with Gasteiger partial charge in [-0.1, -0.05) is 0 Å². The topological polar surface area (TPSA) is 72.8 Å². The lowest BCUT2D eigenvalue weighted by molar-refractivity contribution is -0.173. The fourth-order valence-corrected chi connectivity index (χ4v) is 6.77. The number of carbonyl (C=O) groups excluding carboxylic acids is 1. The number of nitrogens with one attached hydrogen (secondary N) is 1. The van der Waals surface area contributed by atoms with Gasteiger partial charge in [0.05, 0.1) is 5.60 Å². The van der Waals surface area contributed by atoms with E-state index in [4.69, 9.17) is 0 Å². The molecule has 26 heavy (non-hydrogen) atoms. The van der Waals surface area contributed by atoms with Crippen molar-refractivity contribution in [1.82, 2.24) is 10.2 Å². The maximum atomic E-state index is 12.8. The van der Waals surface area contributed by atoms with Crippen molar-refractivity contribution >= 4 is 5.91 Å². The van der Waals surface area contributed by atoms with Gasteiger partial charge in [-0.3, -0.25) is 4.79 Å². The van der Waals surface area contributed by atoms with E-state index in [1.54, 1.807) is 0 Å². The first-order valence-electron chi connectivity index (χ1n) is 10.9. The molecule has 0 unspecified atom stereocenters. The van der Waals surface area contributed by atoms with Crippen LogP contribution in [0.1, 0.15) is 57.8 Å². The van der Waals surface area contributed by atoms with Crippen LogP contribution < -0.4 is 5.32 Å². The molecule has 5 saturated carbocycles. The Kier molecular flexibility index (Phi) is 4.15. The van der Waals surface area contributed by atoms with Gasteiger partial charge in [0.15, 0.2) is 5.60 Å². The van der Waals surface area contributed by atoms with Gasteiger partial charge in [0.25, 0.3) is 5.91 Å². The molecule has 6 rings (SSSR count). The van der Waals surface area contributed by atoms with Gasteiger partial charge in [-0.25, -0.2) is 0 Å². The third kappa shape index (κ3) is 2.91. The Hall–Kier alpha value is -0.650. The summed E-state index contributed by atoms with van der Waals surface area (Å²) in [6.07, 6.45) is 9.91. The number of carbonyl (C=O) groups is 1. The smallest absolute Gasteiger partial charge is 0.255 e. The zero-order valence-corrected chi connectivity index (χ0v) is 15.8. The Labute approximate surface area is 156 Å². The lowest BCUT2D eigenvalue weighted by Gasteiger charge is -2.59. The van der Waals surface area contributed by atoms with Gasteiger partial charge < -0.3 is 20.4 Å². The van der Waals surface area contributed by atoms with Crippen molar-refractivity contribution in [2.75, 3.05) is 26.2 Å². The second-order valence-corrected chi connectivity index (χ2v) is 10.2. The van der Waals surface area contributed by atoms with Crippen LogP contribution in [-0.2, 0) is 4.79 Å². The number of rotatable bonds is 6. The van der Waals surface area contributed by atoms with E-state index in [1.807, 2.05) is 4.90 Å². The molecule has 146 valence electrons. The van der Waals surface area contributed by atoms with Crippen LogP contribution in [0.25, 0.3) is 0 Å². The molecule has 0 radical (unpaired) electrons. The van der Waals surface area contributed by atoms with E-state index in [0.29, 0.717) is 30.7 Å². The number of aliphatic hydroxyl groups is 2.